The van der Waals surface area contributed by atoms with Crippen molar-refractivity contribution >= 4 is 56.2 Å². The molecule has 7 nitrogen and oxygen atoms in total. The monoisotopic (exact) mass is 410 g/mol. The van der Waals surface area contributed by atoms with E-state index in [4.69, 9.17) is 4.74 Å². The first-order valence-corrected chi connectivity index (χ1v) is 9.80. The summed E-state index contributed by atoms with van der Waals surface area (Å²) < 4.78 is 19.1. The van der Waals surface area contributed by atoms with E-state index in [1.54, 1.807) is 6.07 Å². The molecule has 3 amide bonds. The fourth-order valence-electron chi connectivity index (χ4n) is 2.42. The number of nitrogens with one attached hydrogen (secondary N) is 1. The number of thiophene rings is 1. The zero-order valence-corrected chi connectivity index (χ0v) is 15.8. The summed E-state index contributed by atoms with van der Waals surface area (Å²) in [5.74, 6) is -1.80. The summed E-state index contributed by atoms with van der Waals surface area (Å²) >= 11 is 2.07. The molecule has 0 unspecified atom stereocenters. The van der Waals surface area contributed by atoms with Crippen molar-refractivity contribution < 1.29 is 28.3 Å². The van der Waals surface area contributed by atoms with Crippen molar-refractivity contribution in [1.29, 1.82) is 0 Å². The van der Waals surface area contributed by atoms with Crippen molar-refractivity contribution in [1.82, 2.24) is 10.2 Å². The lowest BCUT2D eigenvalue weighted by Crippen LogP contribution is -2.41. The topological polar surface area (TPSA) is 92.8 Å². The minimum absolute atomic E-state index is 0.0684. The van der Waals surface area contributed by atoms with E-state index in [-0.39, 0.29) is 34.9 Å². The van der Waals surface area contributed by atoms with E-state index < -0.39 is 23.8 Å². The first-order chi connectivity index (χ1) is 12.8. The predicted octanol–water partition coefficient (Wildman–Crippen LogP) is 2.40. The summed E-state index contributed by atoms with van der Waals surface area (Å²) in [5, 5.41) is 2.77. The van der Waals surface area contributed by atoms with Crippen LogP contribution in [0.1, 0.15) is 16.6 Å². The fraction of sp³-hybridized carbons (Fsp3) is 0.294. The second-order valence-corrected chi connectivity index (χ2v) is 7.74. The molecule has 1 atom stereocenters. The van der Waals surface area contributed by atoms with Gasteiger partial charge < -0.3 is 10.1 Å². The molecule has 2 aromatic rings. The molecule has 10 heteroatoms. The maximum absolute atomic E-state index is 13.2. The van der Waals surface area contributed by atoms with Crippen LogP contribution in [0.4, 0.5) is 9.18 Å². The number of halogens is 1. The highest BCUT2D eigenvalue weighted by Crippen LogP contribution is 2.27. The number of benzene rings is 1. The number of nitrogens with zero attached hydrogens (tertiary/aromatic N) is 1. The fourth-order valence-corrected chi connectivity index (χ4v) is 4.10. The van der Waals surface area contributed by atoms with Crippen LogP contribution >= 0.6 is 23.1 Å². The maximum Gasteiger partial charge on any atom is 0.349 e. The summed E-state index contributed by atoms with van der Waals surface area (Å²) in [4.78, 5) is 48.5. The molecule has 1 N–H and O–H groups in total. The van der Waals surface area contributed by atoms with Gasteiger partial charge >= 0.3 is 5.97 Å². The number of ether oxygens (including phenoxy) is 1. The lowest BCUT2D eigenvalue weighted by Gasteiger charge is -2.15. The lowest BCUT2D eigenvalue weighted by molar-refractivity contribution is -0.130. The zero-order valence-electron chi connectivity index (χ0n) is 14.2. The molecule has 1 saturated heterocycles. The van der Waals surface area contributed by atoms with Crippen LogP contribution in [0.5, 0.6) is 0 Å². The number of thioether (sulfide) groups is 1. The highest BCUT2D eigenvalue weighted by Gasteiger charge is 2.29. The Labute approximate surface area is 161 Å². The Bertz CT molecular complexity index is 913. The van der Waals surface area contributed by atoms with Crippen molar-refractivity contribution in [2.75, 3.05) is 18.8 Å². The van der Waals surface area contributed by atoms with Gasteiger partial charge in [-0.05, 0) is 36.6 Å². The summed E-state index contributed by atoms with van der Waals surface area (Å²) in [7, 11) is 0. The molecule has 0 bridgehead atoms. The van der Waals surface area contributed by atoms with Crippen LogP contribution in [0.3, 0.4) is 0 Å². The smallest absolute Gasteiger partial charge is 0.349 e. The number of rotatable bonds is 6. The van der Waals surface area contributed by atoms with Gasteiger partial charge in [0.15, 0.2) is 6.10 Å². The van der Waals surface area contributed by atoms with E-state index in [0.717, 1.165) is 32.7 Å². The van der Waals surface area contributed by atoms with Gasteiger partial charge in [-0.25, -0.2) is 9.18 Å². The van der Waals surface area contributed by atoms with Crippen LogP contribution < -0.4 is 5.32 Å². The summed E-state index contributed by atoms with van der Waals surface area (Å²) in [6, 6.07) is 5.70. The summed E-state index contributed by atoms with van der Waals surface area (Å²) in [6.07, 6.45) is -1.06. The number of carbonyl (C=O) groups excluding carboxylic acids is 4. The van der Waals surface area contributed by atoms with E-state index in [9.17, 15) is 23.6 Å². The summed E-state index contributed by atoms with van der Waals surface area (Å²) in [5.41, 5.74) is 0. The maximum atomic E-state index is 13.2. The van der Waals surface area contributed by atoms with E-state index in [0.29, 0.717) is 5.39 Å². The van der Waals surface area contributed by atoms with E-state index in [1.165, 1.54) is 25.1 Å². The van der Waals surface area contributed by atoms with Crippen molar-refractivity contribution in [3.8, 4) is 0 Å². The molecule has 2 heterocycles. The van der Waals surface area contributed by atoms with E-state index in [2.05, 4.69) is 5.32 Å². The highest BCUT2D eigenvalue weighted by atomic mass is 32.2. The Hall–Kier alpha value is -2.46. The van der Waals surface area contributed by atoms with Gasteiger partial charge in [-0.15, -0.1) is 11.3 Å². The van der Waals surface area contributed by atoms with Crippen LogP contribution in [0.15, 0.2) is 24.3 Å². The molecular weight excluding hydrogens is 395 g/mol. The largest absolute Gasteiger partial charge is 0.448 e. The van der Waals surface area contributed by atoms with Gasteiger partial charge in [-0.1, -0.05) is 11.8 Å². The van der Waals surface area contributed by atoms with Gasteiger partial charge in [-0.3, -0.25) is 19.3 Å². The van der Waals surface area contributed by atoms with Gasteiger partial charge in [0.2, 0.25) is 5.91 Å². The van der Waals surface area contributed by atoms with Crippen molar-refractivity contribution in [2.24, 2.45) is 0 Å². The van der Waals surface area contributed by atoms with Gasteiger partial charge in [0.05, 0.1) is 5.75 Å². The standard InChI is InChI=1S/C17H15FN2O5S2/c1-9(15(22)19-4-5-20-14(21)8-26-17(20)24)25-16(23)13-7-10-6-11(18)2-3-12(10)27-13/h2-3,6-7,9H,4-5,8H2,1H3,(H,19,22)/t9-/m0/s1. The molecular formula is C17H15FN2O5S2. The van der Waals surface area contributed by atoms with Gasteiger partial charge in [0, 0.05) is 17.8 Å². The number of fused-ring (bicyclic) bond motifs is 1. The molecule has 1 fully saturated rings. The molecule has 1 aromatic heterocycles. The van der Waals surface area contributed by atoms with Crippen LogP contribution in [0.2, 0.25) is 0 Å². The molecule has 0 saturated carbocycles. The first-order valence-electron chi connectivity index (χ1n) is 8.00. The number of esters is 1. The average molecular weight is 410 g/mol. The van der Waals surface area contributed by atoms with Gasteiger partial charge in [0.25, 0.3) is 11.1 Å². The number of amides is 3. The summed E-state index contributed by atoms with van der Waals surface area (Å²) in [6.45, 7) is 1.56. The zero-order chi connectivity index (χ0) is 19.6. The predicted molar refractivity (Wildman–Crippen MR) is 99.2 cm³/mol. The van der Waals surface area contributed by atoms with Gasteiger partial charge in [0.1, 0.15) is 10.7 Å². The van der Waals surface area contributed by atoms with Crippen molar-refractivity contribution in [3.05, 3.63) is 35.0 Å². The number of hydrogen-bond acceptors (Lipinski definition) is 7. The second kappa shape index (κ2) is 8.05. The molecule has 3 rings (SSSR count). The molecule has 27 heavy (non-hydrogen) atoms. The molecule has 1 aliphatic heterocycles. The molecule has 1 aromatic carbocycles. The third-order valence-electron chi connectivity index (χ3n) is 3.81. The lowest BCUT2D eigenvalue weighted by atomic mass is 10.2. The van der Waals surface area contributed by atoms with Gasteiger partial charge in [-0.2, -0.15) is 0 Å². The van der Waals surface area contributed by atoms with E-state index in [1.807, 2.05) is 0 Å². The quantitative estimate of drug-likeness (QED) is 0.735. The Kier molecular flexibility index (Phi) is 5.76. The van der Waals surface area contributed by atoms with Crippen molar-refractivity contribution in [2.45, 2.75) is 13.0 Å². The second-order valence-electron chi connectivity index (χ2n) is 5.73. The first kappa shape index (κ1) is 19.3. The van der Waals surface area contributed by atoms with Crippen molar-refractivity contribution in [3.63, 3.8) is 0 Å². The van der Waals surface area contributed by atoms with Crippen LogP contribution in [-0.2, 0) is 14.3 Å². The average Bonchev–Trinajstić information content (AvgIpc) is 3.18. The van der Waals surface area contributed by atoms with Crippen LogP contribution in [0.25, 0.3) is 10.1 Å². The molecule has 0 radical (unpaired) electrons. The Balaban J connectivity index is 1.51. The number of imide groups is 1. The minimum atomic E-state index is -1.06. The Morgan fingerprint density at radius 3 is 2.81 bits per heavy atom. The molecule has 0 aliphatic carbocycles. The third kappa shape index (κ3) is 4.45. The van der Waals surface area contributed by atoms with Crippen LogP contribution in [0, 0.1) is 5.82 Å². The Morgan fingerprint density at radius 2 is 2.11 bits per heavy atom. The normalized spacial score (nSPS) is 15.3. The molecule has 1 aliphatic rings. The molecule has 0 spiro atoms. The third-order valence-corrected chi connectivity index (χ3v) is 5.76. The van der Waals surface area contributed by atoms with E-state index >= 15 is 0 Å². The SMILES string of the molecule is C[C@H](OC(=O)c1cc2cc(F)ccc2s1)C(=O)NCCN1C(=O)CSC1=O. The molecule has 142 valence electrons. The minimum Gasteiger partial charge on any atom is -0.448 e. The van der Waals surface area contributed by atoms with Crippen LogP contribution in [-0.4, -0.2) is 52.9 Å². The highest BCUT2D eigenvalue weighted by molar-refractivity contribution is 8.14. The number of hydrogen-bond donors (Lipinski definition) is 1. The number of carbonyl (C=O) groups is 4. The Morgan fingerprint density at radius 1 is 1.33 bits per heavy atom.